The number of hydrogen-bond acceptors (Lipinski definition) is 2. The van der Waals surface area contributed by atoms with Gasteiger partial charge in [-0.05, 0) is 30.3 Å². The summed E-state index contributed by atoms with van der Waals surface area (Å²) in [6, 6.07) is 9.00. The van der Waals surface area contributed by atoms with Crippen molar-refractivity contribution in [1.82, 2.24) is 0 Å². The van der Waals surface area contributed by atoms with Gasteiger partial charge in [-0.25, -0.2) is 8.78 Å². The lowest BCUT2D eigenvalue weighted by Gasteiger charge is -2.11. The molecule has 0 aliphatic rings. The molecule has 1 N–H and O–H groups in total. The van der Waals surface area contributed by atoms with Crippen LogP contribution in [0.5, 0.6) is 5.75 Å². The predicted octanol–water partition coefficient (Wildman–Crippen LogP) is 4.35. The molecule has 0 atom stereocenters. The lowest BCUT2D eigenvalue weighted by molar-refractivity contribution is 0.410. The highest BCUT2D eigenvalue weighted by Gasteiger charge is 2.06. The Morgan fingerprint density at radius 2 is 1.95 bits per heavy atom. The van der Waals surface area contributed by atoms with Gasteiger partial charge in [0.05, 0.1) is 12.8 Å². The third-order valence-corrected chi connectivity index (χ3v) is 3.14. The monoisotopic (exact) mass is 327 g/mol. The summed E-state index contributed by atoms with van der Waals surface area (Å²) in [4.78, 5) is 0. The second kappa shape index (κ2) is 6.02. The SMILES string of the molecule is COc1ccc(Br)cc1CNc1ccc(F)cc1F. The molecule has 2 aromatic rings. The van der Waals surface area contributed by atoms with E-state index in [4.69, 9.17) is 4.74 Å². The maximum atomic E-state index is 13.5. The van der Waals surface area contributed by atoms with Crippen LogP contribution in [0.1, 0.15) is 5.56 Å². The fourth-order valence-corrected chi connectivity index (χ4v) is 2.12. The Bertz CT molecular complexity index is 590. The molecule has 0 heterocycles. The van der Waals surface area contributed by atoms with Gasteiger partial charge < -0.3 is 10.1 Å². The number of anilines is 1. The lowest BCUT2D eigenvalue weighted by Crippen LogP contribution is -2.03. The normalized spacial score (nSPS) is 10.3. The Balaban J connectivity index is 2.16. The van der Waals surface area contributed by atoms with Gasteiger partial charge in [0, 0.05) is 22.6 Å². The first-order valence-corrected chi connectivity index (χ1v) is 6.41. The quantitative estimate of drug-likeness (QED) is 0.901. The molecular weight excluding hydrogens is 316 g/mol. The molecule has 0 bridgehead atoms. The fraction of sp³-hybridized carbons (Fsp3) is 0.143. The molecule has 2 nitrogen and oxygen atoms in total. The summed E-state index contributed by atoms with van der Waals surface area (Å²) in [5, 5.41) is 2.92. The third kappa shape index (κ3) is 3.44. The van der Waals surface area contributed by atoms with Gasteiger partial charge in [0.2, 0.25) is 0 Å². The van der Waals surface area contributed by atoms with Gasteiger partial charge in [0.25, 0.3) is 0 Å². The molecule has 5 heteroatoms. The second-order valence-electron chi connectivity index (χ2n) is 3.93. The van der Waals surface area contributed by atoms with Gasteiger partial charge in [-0.3, -0.25) is 0 Å². The summed E-state index contributed by atoms with van der Waals surface area (Å²) in [6.07, 6.45) is 0. The van der Waals surface area contributed by atoms with E-state index in [1.54, 1.807) is 7.11 Å². The molecule has 100 valence electrons. The number of hydrogen-bond donors (Lipinski definition) is 1. The molecule has 0 spiro atoms. The number of nitrogens with one attached hydrogen (secondary N) is 1. The molecule has 0 aliphatic carbocycles. The van der Waals surface area contributed by atoms with Crippen LogP contribution in [0.2, 0.25) is 0 Å². The van der Waals surface area contributed by atoms with Crippen molar-refractivity contribution in [3.05, 3.63) is 58.1 Å². The number of ether oxygens (including phenoxy) is 1. The van der Waals surface area contributed by atoms with E-state index in [2.05, 4.69) is 21.2 Å². The van der Waals surface area contributed by atoms with Gasteiger partial charge >= 0.3 is 0 Å². The summed E-state index contributed by atoms with van der Waals surface area (Å²) >= 11 is 3.37. The van der Waals surface area contributed by atoms with Gasteiger partial charge in [-0.1, -0.05) is 15.9 Å². The summed E-state index contributed by atoms with van der Waals surface area (Å²) in [7, 11) is 1.57. The van der Waals surface area contributed by atoms with Crippen LogP contribution >= 0.6 is 15.9 Å². The standard InChI is InChI=1S/C14H12BrF2NO/c1-19-14-5-2-10(15)6-9(14)8-18-13-4-3-11(16)7-12(13)17/h2-7,18H,8H2,1H3. The zero-order valence-electron chi connectivity index (χ0n) is 10.2. The van der Waals surface area contributed by atoms with Crippen LogP contribution < -0.4 is 10.1 Å². The molecule has 0 fully saturated rings. The highest BCUT2D eigenvalue weighted by molar-refractivity contribution is 9.10. The molecule has 2 rings (SSSR count). The number of rotatable bonds is 4. The molecular formula is C14H12BrF2NO. The first-order valence-electron chi connectivity index (χ1n) is 5.61. The zero-order valence-corrected chi connectivity index (χ0v) is 11.8. The zero-order chi connectivity index (χ0) is 13.8. The molecule has 0 amide bonds. The van der Waals surface area contributed by atoms with Gasteiger partial charge in [-0.15, -0.1) is 0 Å². The van der Waals surface area contributed by atoms with E-state index < -0.39 is 11.6 Å². The molecule has 19 heavy (non-hydrogen) atoms. The van der Waals surface area contributed by atoms with Crippen molar-refractivity contribution in [2.45, 2.75) is 6.54 Å². The van der Waals surface area contributed by atoms with Crippen LogP contribution in [-0.2, 0) is 6.54 Å². The topological polar surface area (TPSA) is 21.3 Å². The average Bonchev–Trinajstić information content (AvgIpc) is 2.38. The van der Waals surface area contributed by atoms with E-state index in [0.717, 1.165) is 16.1 Å². The summed E-state index contributed by atoms with van der Waals surface area (Å²) < 4.78 is 32.4. The molecule has 2 aromatic carbocycles. The number of benzene rings is 2. The summed E-state index contributed by atoms with van der Waals surface area (Å²) in [5.74, 6) is -0.504. The summed E-state index contributed by atoms with van der Waals surface area (Å²) in [6.45, 7) is 0.380. The first kappa shape index (κ1) is 13.8. The Kier molecular flexibility index (Phi) is 4.37. The fourth-order valence-electron chi connectivity index (χ4n) is 1.71. The van der Waals surface area contributed by atoms with E-state index in [1.165, 1.54) is 12.1 Å². The van der Waals surface area contributed by atoms with Crippen molar-refractivity contribution in [3.8, 4) is 5.75 Å². The average molecular weight is 328 g/mol. The van der Waals surface area contributed by atoms with Crippen LogP contribution in [0.4, 0.5) is 14.5 Å². The highest BCUT2D eigenvalue weighted by atomic mass is 79.9. The van der Waals surface area contributed by atoms with E-state index in [-0.39, 0.29) is 5.69 Å². The third-order valence-electron chi connectivity index (χ3n) is 2.64. The minimum atomic E-state index is -0.617. The van der Waals surface area contributed by atoms with E-state index in [0.29, 0.717) is 12.3 Å². The number of halogens is 3. The molecule has 0 saturated carbocycles. The molecule has 0 radical (unpaired) electrons. The van der Waals surface area contributed by atoms with Crippen molar-refractivity contribution >= 4 is 21.6 Å². The summed E-state index contributed by atoms with van der Waals surface area (Å²) in [5.41, 5.74) is 1.13. The van der Waals surface area contributed by atoms with Crippen molar-refractivity contribution in [1.29, 1.82) is 0 Å². The lowest BCUT2D eigenvalue weighted by atomic mass is 10.2. The van der Waals surface area contributed by atoms with Gasteiger partial charge in [0.1, 0.15) is 17.4 Å². The van der Waals surface area contributed by atoms with Crippen molar-refractivity contribution in [2.75, 3.05) is 12.4 Å². The maximum absolute atomic E-state index is 13.5. The minimum Gasteiger partial charge on any atom is -0.496 e. The largest absolute Gasteiger partial charge is 0.496 e. The van der Waals surface area contributed by atoms with Crippen molar-refractivity contribution in [3.63, 3.8) is 0 Å². The number of methoxy groups -OCH3 is 1. The Labute approximate surface area is 118 Å². The van der Waals surface area contributed by atoms with Crippen molar-refractivity contribution < 1.29 is 13.5 Å². The van der Waals surface area contributed by atoms with Gasteiger partial charge in [-0.2, -0.15) is 0 Å². The van der Waals surface area contributed by atoms with E-state index >= 15 is 0 Å². The van der Waals surface area contributed by atoms with Gasteiger partial charge in [0.15, 0.2) is 0 Å². The van der Waals surface area contributed by atoms with E-state index in [1.807, 2.05) is 18.2 Å². The minimum absolute atomic E-state index is 0.253. The Morgan fingerprint density at radius 3 is 2.63 bits per heavy atom. The molecule has 0 unspecified atom stereocenters. The van der Waals surface area contributed by atoms with Crippen LogP contribution in [0, 0.1) is 11.6 Å². The Hall–Kier alpha value is -1.62. The smallest absolute Gasteiger partial charge is 0.149 e. The van der Waals surface area contributed by atoms with Crippen LogP contribution in [0.3, 0.4) is 0 Å². The van der Waals surface area contributed by atoms with Crippen LogP contribution in [-0.4, -0.2) is 7.11 Å². The Morgan fingerprint density at radius 1 is 1.16 bits per heavy atom. The van der Waals surface area contributed by atoms with E-state index in [9.17, 15) is 8.78 Å². The maximum Gasteiger partial charge on any atom is 0.149 e. The molecule has 0 saturated heterocycles. The first-order chi connectivity index (χ1) is 9.10. The van der Waals surface area contributed by atoms with Crippen LogP contribution in [0.15, 0.2) is 40.9 Å². The second-order valence-corrected chi connectivity index (χ2v) is 4.85. The molecule has 0 aliphatic heterocycles. The van der Waals surface area contributed by atoms with Crippen molar-refractivity contribution in [2.24, 2.45) is 0 Å². The predicted molar refractivity (Wildman–Crippen MR) is 74.4 cm³/mol. The van der Waals surface area contributed by atoms with Crippen LogP contribution in [0.25, 0.3) is 0 Å². The molecule has 0 aromatic heterocycles. The highest BCUT2D eigenvalue weighted by Crippen LogP contribution is 2.24.